The number of aldehydes is 1. The highest BCUT2D eigenvalue weighted by molar-refractivity contribution is 8.00. The van der Waals surface area contributed by atoms with Crippen LogP contribution in [-0.4, -0.2) is 24.9 Å². The lowest BCUT2D eigenvalue weighted by Crippen LogP contribution is -2.24. The first-order chi connectivity index (χ1) is 11.6. The number of carbonyl (C=O) groups is 1. The number of aryl methyl sites for hydroxylation is 3. The van der Waals surface area contributed by atoms with Crippen LogP contribution < -0.4 is 9.04 Å². The lowest BCUT2D eigenvalue weighted by atomic mass is 10.1. The Morgan fingerprint density at radius 1 is 1.29 bits per heavy atom. The van der Waals surface area contributed by atoms with Gasteiger partial charge in [-0.25, -0.2) is 4.98 Å². The SMILES string of the molecule is COc1cc(C)c(SN2CCCc3ccc(CC=O)nc32)c(C)c1. The lowest BCUT2D eigenvalue weighted by molar-refractivity contribution is -0.107. The fourth-order valence-electron chi connectivity index (χ4n) is 3.02. The predicted octanol–water partition coefficient (Wildman–Crippen LogP) is 3.91. The first-order valence-electron chi connectivity index (χ1n) is 8.15. The number of methoxy groups -OCH3 is 1. The van der Waals surface area contributed by atoms with Crippen molar-refractivity contribution in [1.82, 2.24) is 4.98 Å². The molecular weight excluding hydrogens is 320 g/mol. The van der Waals surface area contributed by atoms with Crippen LogP contribution in [-0.2, 0) is 17.6 Å². The second-order valence-corrected chi connectivity index (χ2v) is 7.07. The minimum absolute atomic E-state index is 0.367. The van der Waals surface area contributed by atoms with E-state index in [1.165, 1.54) is 21.6 Å². The minimum Gasteiger partial charge on any atom is -0.497 e. The molecule has 5 heteroatoms. The molecule has 1 aromatic carbocycles. The van der Waals surface area contributed by atoms with Gasteiger partial charge in [-0.3, -0.25) is 4.31 Å². The summed E-state index contributed by atoms with van der Waals surface area (Å²) in [5.41, 5.74) is 4.49. The van der Waals surface area contributed by atoms with Crippen LogP contribution in [0, 0.1) is 13.8 Å². The van der Waals surface area contributed by atoms with E-state index >= 15 is 0 Å². The zero-order valence-corrected chi connectivity index (χ0v) is 15.2. The third kappa shape index (κ3) is 3.41. The molecule has 0 atom stereocenters. The molecule has 3 rings (SSSR count). The quantitative estimate of drug-likeness (QED) is 0.609. The third-order valence-electron chi connectivity index (χ3n) is 4.22. The molecule has 1 aliphatic heterocycles. The highest BCUT2D eigenvalue weighted by Gasteiger charge is 2.21. The van der Waals surface area contributed by atoms with Crippen molar-refractivity contribution in [2.45, 2.75) is 38.0 Å². The zero-order valence-electron chi connectivity index (χ0n) is 14.3. The Morgan fingerprint density at radius 3 is 2.71 bits per heavy atom. The Balaban J connectivity index is 1.93. The summed E-state index contributed by atoms with van der Waals surface area (Å²) in [4.78, 5) is 16.8. The second-order valence-electron chi connectivity index (χ2n) is 6.04. The Hall–Kier alpha value is -2.01. The summed E-state index contributed by atoms with van der Waals surface area (Å²) in [6.45, 7) is 5.18. The molecule has 0 spiro atoms. The van der Waals surface area contributed by atoms with Gasteiger partial charge >= 0.3 is 0 Å². The van der Waals surface area contributed by atoms with E-state index in [-0.39, 0.29) is 0 Å². The van der Waals surface area contributed by atoms with Gasteiger partial charge in [0.1, 0.15) is 17.9 Å². The van der Waals surface area contributed by atoms with Gasteiger partial charge < -0.3 is 9.53 Å². The van der Waals surface area contributed by atoms with Crippen LogP contribution in [0.4, 0.5) is 5.82 Å². The molecule has 0 amide bonds. The summed E-state index contributed by atoms with van der Waals surface area (Å²) in [5.74, 6) is 1.89. The molecule has 0 saturated heterocycles. The van der Waals surface area contributed by atoms with E-state index in [0.717, 1.165) is 42.9 Å². The Bertz CT molecular complexity index is 738. The number of rotatable bonds is 5. The Morgan fingerprint density at radius 2 is 2.04 bits per heavy atom. The van der Waals surface area contributed by atoms with Crippen LogP contribution in [0.2, 0.25) is 0 Å². The molecule has 0 saturated carbocycles. The van der Waals surface area contributed by atoms with E-state index in [1.807, 2.05) is 6.07 Å². The van der Waals surface area contributed by atoms with Crippen molar-refractivity contribution in [3.8, 4) is 5.75 Å². The van der Waals surface area contributed by atoms with E-state index in [2.05, 4.69) is 36.4 Å². The van der Waals surface area contributed by atoms with Crippen LogP contribution in [0.25, 0.3) is 0 Å². The molecule has 1 aromatic heterocycles. The van der Waals surface area contributed by atoms with Gasteiger partial charge in [0.2, 0.25) is 0 Å². The van der Waals surface area contributed by atoms with Gasteiger partial charge in [0.05, 0.1) is 7.11 Å². The van der Waals surface area contributed by atoms with Crippen molar-refractivity contribution < 1.29 is 9.53 Å². The van der Waals surface area contributed by atoms with Gasteiger partial charge in [-0.1, -0.05) is 6.07 Å². The summed E-state index contributed by atoms with van der Waals surface area (Å²) >= 11 is 1.73. The minimum atomic E-state index is 0.367. The van der Waals surface area contributed by atoms with E-state index in [9.17, 15) is 4.79 Å². The fraction of sp³-hybridized carbons (Fsp3) is 0.368. The van der Waals surface area contributed by atoms with Crippen LogP contribution in [0.5, 0.6) is 5.75 Å². The van der Waals surface area contributed by atoms with E-state index < -0.39 is 0 Å². The van der Waals surface area contributed by atoms with E-state index in [4.69, 9.17) is 9.72 Å². The average molecular weight is 342 g/mol. The maximum absolute atomic E-state index is 10.8. The largest absolute Gasteiger partial charge is 0.497 e. The topological polar surface area (TPSA) is 42.4 Å². The summed E-state index contributed by atoms with van der Waals surface area (Å²) in [7, 11) is 1.69. The summed E-state index contributed by atoms with van der Waals surface area (Å²) < 4.78 is 7.61. The number of ether oxygens (including phenoxy) is 1. The number of carbonyl (C=O) groups excluding carboxylic acids is 1. The Labute approximate surface area is 147 Å². The number of aromatic nitrogens is 1. The van der Waals surface area contributed by atoms with Crippen molar-refractivity contribution in [2.24, 2.45) is 0 Å². The highest BCUT2D eigenvalue weighted by Crippen LogP contribution is 2.38. The van der Waals surface area contributed by atoms with E-state index in [1.54, 1.807) is 19.1 Å². The number of benzene rings is 1. The first-order valence-corrected chi connectivity index (χ1v) is 8.93. The number of pyridine rings is 1. The molecule has 0 fully saturated rings. The average Bonchev–Trinajstić information content (AvgIpc) is 2.58. The number of fused-ring (bicyclic) bond motifs is 1. The molecule has 0 bridgehead atoms. The highest BCUT2D eigenvalue weighted by atomic mass is 32.2. The molecule has 0 aliphatic carbocycles. The molecule has 4 nitrogen and oxygen atoms in total. The zero-order chi connectivity index (χ0) is 17.1. The normalized spacial score (nSPS) is 13.5. The van der Waals surface area contributed by atoms with Crippen molar-refractivity contribution in [1.29, 1.82) is 0 Å². The number of anilines is 1. The van der Waals surface area contributed by atoms with Crippen LogP contribution in [0.3, 0.4) is 0 Å². The van der Waals surface area contributed by atoms with Crippen molar-refractivity contribution in [3.05, 3.63) is 46.6 Å². The number of nitrogens with zero attached hydrogens (tertiary/aromatic N) is 2. The molecule has 0 radical (unpaired) electrons. The van der Waals surface area contributed by atoms with E-state index in [0.29, 0.717) is 6.42 Å². The monoisotopic (exact) mass is 342 g/mol. The van der Waals surface area contributed by atoms with Crippen LogP contribution in [0.15, 0.2) is 29.2 Å². The smallest absolute Gasteiger partial charge is 0.142 e. The van der Waals surface area contributed by atoms with Gasteiger partial charge in [-0.2, -0.15) is 0 Å². The van der Waals surface area contributed by atoms with Gasteiger partial charge in [0.25, 0.3) is 0 Å². The van der Waals surface area contributed by atoms with Crippen molar-refractivity contribution in [3.63, 3.8) is 0 Å². The number of hydrogen-bond donors (Lipinski definition) is 0. The molecular formula is C19H22N2O2S. The lowest BCUT2D eigenvalue weighted by Gasteiger charge is -2.30. The van der Waals surface area contributed by atoms with Crippen molar-refractivity contribution in [2.75, 3.05) is 18.0 Å². The molecule has 1 aliphatic rings. The summed E-state index contributed by atoms with van der Waals surface area (Å²) in [6, 6.07) is 8.21. The molecule has 126 valence electrons. The van der Waals surface area contributed by atoms with Crippen LogP contribution >= 0.6 is 11.9 Å². The molecule has 0 unspecified atom stereocenters. The van der Waals surface area contributed by atoms with Crippen LogP contribution in [0.1, 0.15) is 28.8 Å². The summed E-state index contributed by atoms with van der Waals surface area (Å²) in [5, 5.41) is 0. The second kappa shape index (κ2) is 7.26. The predicted molar refractivity (Wildman–Crippen MR) is 98.0 cm³/mol. The molecule has 0 N–H and O–H groups in total. The fourth-order valence-corrected chi connectivity index (χ4v) is 4.11. The first kappa shape index (κ1) is 16.8. The number of hydrogen-bond acceptors (Lipinski definition) is 5. The third-order valence-corrected chi connectivity index (χ3v) is 5.62. The maximum atomic E-state index is 10.8. The Kier molecular flexibility index (Phi) is 5.09. The van der Waals surface area contributed by atoms with Gasteiger partial charge in [-0.05, 0) is 73.5 Å². The van der Waals surface area contributed by atoms with Gasteiger partial charge in [-0.15, -0.1) is 0 Å². The molecule has 2 heterocycles. The molecule has 24 heavy (non-hydrogen) atoms. The van der Waals surface area contributed by atoms with Gasteiger partial charge in [0, 0.05) is 23.6 Å². The standard InChI is InChI=1S/C19H22N2O2S/c1-13-11-17(23-3)12-14(2)18(13)24-21-9-4-5-15-6-7-16(8-10-22)20-19(15)21/h6-7,10-12H,4-5,8-9H2,1-3H3. The van der Waals surface area contributed by atoms with Crippen molar-refractivity contribution >= 4 is 24.1 Å². The van der Waals surface area contributed by atoms with Gasteiger partial charge in [0.15, 0.2) is 0 Å². The molecule has 2 aromatic rings. The summed E-state index contributed by atoms with van der Waals surface area (Å²) in [6.07, 6.45) is 3.43. The maximum Gasteiger partial charge on any atom is 0.142 e.